The van der Waals surface area contributed by atoms with Gasteiger partial charge in [-0.3, -0.25) is 24.1 Å². The number of benzene rings is 1. The van der Waals surface area contributed by atoms with Crippen LogP contribution in [0.5, 0.6) is 0 Å². The first-order valence-electron chi connectivity index (χ1n) is 8.80. The lowest BCUT2D eigenvalue weighted by atomic mass is 9.85. The minimum absolute atomic E-state index is 0.0701. The Balaban J connectivity index is 1.30. The molecule has 2 aliphatic carbocycles. The number of hydrogen-bond donors (Lipinski definition) is 1. The molecule has 1 saturated carbocycles. The van der Waals surface area contributed by atoms with Crippen LogP contribution in [-0.2, 0) is 23.9 Å². The number of imide groups is 1. The van der Waals surface area contributed by atoms with E-state index in [1.807, 2.05) is 12.2 Å². The number of esters is 1. The molecule has 2 bridgehead atoms. The van der Waals surface area contributed by atoms with E-state index in [0.29, 0.717) is 0 Å². The second kappa shape index (κ2) is 7.22. The Kier molecular flexibility index (Phi) is 4.89. The maximum atomic E-state index is 12.5. The minimum atomic E-state index is -0.825. The molecule has 9 heteroatoms. The molecular weight excluding hydrogens is 407 g/mol. The van der Waals surface area contributed by atoms with Gasteiger partial charge >= 0.3 is 5.97 Å². The number of hydrogen-bond acceptors (Lipinski definition) is 5. The molecule has 0 unspecified atom stereocenters. The van der Waals surface area contributed by atoms with Crippen molar-refractivity contribution in [3.63, 3.8) is 0 Å². The van der Waals surface area contributed by atoms with Gasteiger partial charge in [0.1, 0.15) is 6.54 Å². The van der Waals surface area contributed by atoms with Crippen LogP contribution in [0.15, 0.2) is 30.4 Å². The predicted molar refractivity (Wildman–Crippen MR) is 100 cm³/mol. The topological polar surface area (TPSA) is 92.8 Å². The Morgan fingerprint density at radius 1 is 1.11 bits per heavy atom. The molecule has 4 atom stereocenters. The maximum Gasteiger partial charge on any atom is 0.326 e. The standard InChI is InChI=1S/C19H16Cl2N2O5/c20-11-2-1-3-12(17(11)21)22-13(24)8-28-14(25)7-23-18(26)15-9-4-5-10(6-9)16(15)19(23)27/h1-5,9-10,15-16H,6-8H2,(H,22,24)/t9-,10-,15+,16+/m0/s1. The van der Waals surface area contributed by atoms with E-state index in [-0.39, 0.29) is 51.2 Å². The van der Waals surface area contributed by atoms with Crippen LogP contribution in [-0.4, -0.2) is 41.7 Å². The Labute approximate surface area is 170 Å². The van der Waals surface area contributed by atoms with Crippen molar-refractivity contribution in [2.75, 3.05) is 18.5 Å². The number of halogens is 2. The second-order valence-electron chi connectivity index (χ2n) is 7.07. The second-order valence-corrected chi connectivity index (χ2v) is 7.86. The summed E-state index contributed by atoms with van der Waals surface area (Å²) >= 11 is 11.8. The highest BCUT2D eigenvalue weighted by molar-refractivity contribution is 6.44. The van der Waals surface area contributed by atoms with E-state index in [1.54, 1.807) is 18.2 Å². The third-order valence-corrected chi connectivity index (χ3v) is 6.26. The summed E-state index contributed by atoms with van der Waals surface area (Å²) in [5.74, 6) is -2.71. The van der Waals surface area contributed by atoms with E-state index < -0.39 is 25.0 Å². The van der Waals surface area contributed by atoms with Gasteiger partial charge in [-0.2, -0.15) is 0 Å². The van der Waals surface area contributed by atoms with Gasteiger partial charge in [0.25, 0.3) is 5.91 Å². The van der Waals surface area contributed by atoms with Crippen molar-refractivity contribution in [2.24, 2.45) is 23.7 Å². The van der Waals surface area contributed by atoms with Crippen LogP contribution in [0.4, 0.5) is 5.69 Å². The highest BCUT2D eigenvalue weighted by Crippen LogP contribution is 2.52. The third-order valence-electron chi connectivity index (χ3n) is 5.44. The van der Waals surface area contributed by atoms with Crippen molar-refractivity contribution in [1.82, 2.24) is 4.90 Å². The monoisotopic (exact) mass is 422 g/mol. The van der Waals surface area contributed by atoms with Crippen molar-refractivity contribution in [2.45, 2.75) is 6.42 Å². The fourth-order valence-corrected chi connectivity index (χ4v) is 4.58. The van der Waals surface area contributed by atoms with E-state index in [1.165, 1.54) is 0 Å². The molecule has 146 valence electrons. The van der Waals surface area contributed by atoms with Crippen LogP contribution in [0, 0.1) is 23.7 Å². The summed E-state index contributed by atoms with van der Waals surface area (Å²) in [6.07, 6.45) is 4.77. The molecule has 0 radical (unpaired) electrons. The SMILES string of the molecule is O=C(COC(=O)CN1C(=O)[C@H]2[C@H](C1=O)[C@H]1C=C[C@H]2C1)Nc1cccc(Cl)c1Cl. The first-order valence-corrected chi connectivity index (χ1v) is 9.55. The molecule has 4 rings (SSSR count). The molecule has 2 fully saturated rings. The number of anilines is 1. The molecule has 1 aromatic rings. The largest absolute Gasteiger partial charge is 0.454 e. The fraction of sp³-hybridized carbons (Fsp3) is 0.368. The van der Waals surface area contributed by atoms with Gasteiger partial charge in [0.05, 0.1) is 27.6 Å². The lowest BCUT2D eigenvalue weighted by Gasteiger charge is -2.16. The summed E-state index contributed by atoms with van der Waals surface area (Å²) in [7, 11) is 0. The number of likely N-dealkylation sites (tertiary alicyclic amines) is 1. The molecule has 7 nitrogen and oxygen atoms in total. The molecule has 1 N–H and O–H groups in total. The van der Waals surface area contributed by atoms with Crippen LogP contribution >= 0.6 is 23.2 Å². The summed E-state index contributed by atoms with van der Waals surface area (Å²) in [6.45, 7) is -1.06. The number of nitrogens with zero attached hydrogens (tertiary/aromatic N) is 1. The average molecular weight is 423 g/mol. The number of ether oxygens (including phenoxy) is 1. The molecule has 3 aliphatic rings. The van der Waals surface area contributed by atoms with Gasteiger partial charge in [0.2, 0.25) is 11.8 Å². The number of nitrogens with one attached hydrogen (secondary N) is 1. The normalized spacial score (nSPS) is 27.3. The van der Waals surface area contributed by atoms with Gasteiger partial charge in [-0.15, -0.1) is 0 Å². The van der Waals surface area contributed by atoms with Crippen molar-refractivity contribution in [3.8, 4) is 0 Å². The van der Waals surface area contributed by atoms with Crippen molar-refractivity contribution in [1.29, 1.82) is 0 Å². The van der Waals surface area contributed by atoms with Crippen molar-refractivity contribution in [3.05, 3.63) is 40.4 Å². The first kappa shape index (κ1) is 19.0. The van der Waals surface area contributed by atoms with Crippen molar-refractivity contribution >= 4 is 52.6 Å². The number of carbonyl (C=O) groups excluding carboxylic acids is 4. The number of allylic oxidation sites excluding steroid dienone is 2. The maximum absolute atomic E-state index is 12.5. The number of fused-ring (bicyclic) bond motifs is 5. The van der Waals surface area contributed by atoms with E-state index >= 15 is 0 Å². The zero-order chi connectivity index (χ0) is 20.0. The van der Waals surface area contributed by atoms with E-state index in [4.69, 9.17) is 27.9 Å². The lowest BCUT2D eigenvalue weighted by Crippen LogP contribution is -2.38. The van der Waals surface area contributed by atoms with E-state index in [9.17, 15) is 19.2 Å². The summed E-state index contributed by atoms with van der Waals surface area (Å²) in [6, 6.07) is 4.73. The van der Waals surface area contributed by atoms with Gasteiger partial charge in [0.15, 0.2) is 6.61 Å². The lowest BCUT2D eigenvalue weighted by molar-refractivity contribution is -0.154. The number of carbonyl (C=O) groups is 4. The molecule has 28 heavy (non-hydrogen) atoms. The van der Waals surface area contributed by atoms with Gasteiger partial charge in [-0.25, -0.2) is 0 Å². The van der Waals surface area contributed by atoms with E-state index in [0.717, 1.165) is 11.3 Å². The van der Waals surface area contributed by atoms with E-state index in [2.05, 4.69) is 5.32 Å². The smallest absolute Gasteiger partial charge is 0.326 e. The Bertz CT molecular complexity index is 886. The zero-order valence-electron chi connectivity index (χ0n) is 14.6. The Hall–Kier alpha value is -2.38. The van der Waals surface area contributed by atoms with Crippen molar-refractivity contribution < 1.29 is 23.9 Å². The summed E-state index contributed by atoms with van der Waals surface area (Å²) in [5.41, 5.74) is 0.288. The third kappa shape index (κ3) is 3.18. The molecule has 1 saturated heterocycles. The van der Waals surface area contributed by atoms with Crippen LogP contribution in [0.25, 0.3) is 0 Å². The predicted octanol–water partition coefficient (Wildman–Crippen LogP) is 2.28. The van der Waals surface area contributed by atoms with Crippen LogP contribution < -0.4 is 5.32 Å². The quantitative estimate of drug-likeness (QED) is 0.446. The molecule has 1 heterocycles. The number of amides is 3. The van der Waals surface area contributed by atoms with Crippen LogP contribution in [0.1, 0.15) is 6.42 Å². The van der Waals surface area contributed by atoms with Gasteiger partial charge < -0.3 is 10.1 Å². The molecule has 0 spiro atoms. The average Bonchev–Trinajstić information content (AvgIpc) is 3.34. The molecule has 1 aromatic carbocycles. The molecule has 0 aromatic heterocycles. The molecular formula is C19H16Cl2N2O5. The van der Waals surface area contributed by atoms with Gasteiger partial charge in [-0.05, 0) is 30.4 Å². The summed E-state index contributed by atoms with van der Waals surface area (Å²) in [5, 5.41) is 2.93. The van der Waals surface area contributed by atoms with Crippen LogP contribution in [0.3, 0.4) is 0 Å². The first-order chi connectivity index (χ1) is 13.4. The minimum Gasteiger partial charge on any atom is -0.454 e. The van der Waals surface area contributed by atoms with Crippen LogP contribution in [0.2, 0.25) is 10.0 Å². The molecule has 1 aliphatic heterocycles. The zero-order valence-corrected chi connectivity index (χ0v) is 16.1. The summed E-state index contributed by atoms with van der Waals surface area (Å²) in [4.78, 5) is 50.0. The van der Waals surface area contributed by atoms with Gasteiger partial charge in [-0.1, -0.05) is 41.4 Å². The molecule has 3 amide bonds. The highest BCUT2D eigenvalue weighted by atomic mass is 35.5. The Morgan fingerprint density at radius 2 is 1.75 bits per heavy atom. The fourth-order valence-electron chi connectivity index (χ4n) is 4.23. The van der Waals surface area contributed by atoms with Gasteiger partial charge in [0, 0.05) is 0 Å². The Morgan fingerprint density at radius 3 is 2.39 bits per heavy atom. The number of rotatable bonds is 5. The summed E-state index contributed by atoms with van der Waals surface area (Å²) < 4.78 is 4.91. The highest BCUT2D eigenvalue weighted by Gasteiger charge is 2.59.